The van der Waals surface area contributed by atoms with Crippen LogP contribution in [-0.4, -0.2) is 25.1 Å². The van der Waals surface area contributed by atoms with Crippen LogP contribution in [0.2, 0.25) is 0 Å². The van der Waals surface area contributed by atoms with Crippen molar-refractivity contribution in [3.05, 3.63) is 66.0 Å². The zero-order chi connectivity index (χ0) is 14.5. The van der Waals surface area contributed by atoms with E-state index in [2.05, 4.69) is 37.4 Å². The minimum absolute atomic E-state index is 0.166. The molecule has 1 atom stereocenters. The van der Waals surface area contributed by atoms with Gasteiger partial charge < -0.3 is 5.32 Å². The maximum atomic E-state index is 4.48. The Morgan fingerprint density at radius 3 is 2.71 bits per heavy atom. The fourth-order valence-corrected chi connectivity index (χ4v) is 2.10. The van der Waals surface area contributed by atoms with Gasteiger partial charge in [0.2, 0.25) is 5.95 Å². The average Bonchev–Trinajstić information content (AvgIpc) is 3.08. The van der Waals surface area contributed by atoms with Crippen LogP contribution in [0.5, 0.6) is 0 Å². The topological polar surface area (TPSA) is 79.4 Å². The lowest BCUT2D eigenvalue weighted by Gasteiger charge is -2.16. The summed E-state index contributed by atoms with van der Waals surface area (Å²) in [5.41, 5.74) is 2.07. The van der Waals surface area contributed by atoms with Crippen molar-refractivity contribution in [3.63, 3.8) is 0 Å². The SMILES string of the molecule is CCc1ccnc(NC(c2ccccc2)c2ncn[nH]2)n1. The first kappa shape index (κ1) is 13.2. The quantitative estimate of drug-likeness (QED) is 0.750. The van der Waals surface area contributed by atoms with Gasteiger partial charge in [0, 0.05) is 11.9 Å². The summed E-state index contributed by atoms with van der Waals surface area (Å²) in [6.45, 7) is 2.07. The second-order valence-electron chi connectivity index (χ2n) is 4.58. The van der Waals surface area contributed by atoms with E-state index in [9.17, 15) is 0 Å². The van der Waals surface area contributed by atoms with E-state index in [0.717, 1.165) is 23.5 Å². The van der Waals surface area contributed by atoms with Crippen molar-refractivity contribution >= 4 is 5.95 Å². The molecule has 0 spiro atoms. The number of hydrogen-bond acceptors (Lipinski definition) is 5. The molecule has 3 aromatic rings. The van der Waals surface area contributed by atoms with Crippen LogP contribution in [0.3, 0.4) is 0 Å². The van der Waals surface area contributed by atoms with Gasteiger partial charge in [-0.25, -0.2) is 15.0 Å². The Morgan fingerprint density at radius 1 is 1.14 bits per heavy atom. The number of aromatic nitrogens is 5. The first-order valence-electron chi connectivity index (χ1n) is 6.85. The van der Waals surface area contributed by atoms with Gasteiger partial charge in [-0.3, -0.25) is 5.10 Å². The predicted octanol–water partition coefficient (Wildman–Crippen LogP) is 2.36. The van der Waals surface area contributed by atoms with Crippen molar-refractivity contribution in [3.8, 4) is 0 Å². The molecule has 0 aliphatic rings. The van der Waals surface area contributed by atoms with Gasteiger partial charge in [0.25, 0.3) is 0 Å². The maximum absolute atomic E-state index is 4.48. The number of nitrogens with one attached hydrogen (secondary N) is 2. The molecule has 21 heavy (non-hydrogen) atoms. The van der Waals surface area contributed by atoms with Gasteiger partial charge in [0.05, 0.1) is 0 Å². The summed E-state index contributed by atoms with van der Waals surface area (Å²) in [7, 11) is 0. The molecule has 0 bridgehead atoms. The molecule has 2 aromatic heterocycles. The molecule has 1 unspecified atom stereocenters. The first-order valence-corrected chi connectivity index (χ1v) is 6.85. The minimum atomic E-state index is -0.166. The minimum Gasteiger partial charge on any atom is -0.340 e. The molecule has 0 saturated heterocycles. The average molecular weight is 280 g/mol. The molecule has 3 rings (SSSR count). The van der Waals surface area contributed by atoms with E-state index in [1.165, 1.54) is 6.33 Å². The number of rotatable bonds is 5. The van der Waals surface area contributed by atoms with Gasteiger partial charge in [-0.1, -0.05) is 37.3 Å². The summed E-state index contributed by atoms with van der Waals surface area (Å²) in [5.74, 6) is 1.31. The lowest BCUT2D eigenvalue weighted by molar-refractivity contribution is 0.817. The summed E-state index contributed by atoms with van der Waals surface area (Å²) in [6, 6.07) is 11.8. The second kappa shape index (κ2) is 6.13. The number of H-pyrrole nitrogens is 1. The standard InChI is InChI=1S/C15H16N6/c1-2-12-8-9-16-15(19-12)20-13(14-17-10-18-21-14)11-6-4-3-5-7-11/h3-10,13H,2H2,1H3,(H,16,19,20)(H,17,18,21). The Labute approximate surface area is 122 Å². The third-order valence-corrected chi connectivity index (χ3v) is 3.19. The molecule has 1 aromatic carbocycles. The summed E-state index contributed by atoms with van der Waals surface area (Å²) >= 11 is 0. The second-order valence-corrected chi connectivity index (χ2v) is 4.58. The highest BCUT2D eigenvalue weighted by atomic mass is 15.2. The zero-order valence-electron chi connectivity index (χ0n) is 11.7. The largest absolute Gasteiger partial charge is 0.340 e. The van der Waals surface area contributed by atoms with E-state index in [-0.39, 0.29) is 6.04 Å². The molecule has 6 heteroatoms. The number of hydrogen-bond donors (Lipinski definition) is 2. The van der Waals surface area contributed by atoms with Gasteiger partial charge in [0.15, 0.2) is 5.82 Å². The van der Waals surface area contributed by atoms with Gasteiger partial charge >= 0.3 is 0 Å². The van der Waals surface area contributed by atoms with Crippen molar-refractivity contribution in [2.45, 2.75) is 19.4 Å². The highest BCUT2D eigenvalue weighted by molar-refractivity contribution is 5.36. The summed E-state index contributed by atoms with van der Waals surface area (Å²) < 4.78 is 0. The normalized spacial score (nSPS) is 12.0. The Morgan fingerprint density at radius 2 is 2.00 bits per heavy atom. The lowest BCUT2D eigenvalue weighted by atomic mass is 10.1. The molecule has 0 saturated carbocycles. The summed E-state index contributed by atoms with van der Waals surface area (Å²) in [5, 5.41) is 10.1. The van der Waals surface area contributed by atoms with Crippen molar-refractivity contribution in [1.82, 2.24) is 25.1 Å². The van der Waals surface area contributed by atoms with Gasteiger partial charge in [-0.15, -0.1) is 0 Å². The fraction of sp³-hybridized carbons (Fsp3) is 0.200. The molecule has 106 valence electrons. The molecular formula is C15H16N6. The maximum Gasteiger partial charge on any atom is 0.223 e. The molecule has 2 heterocycles. The highest BCUT2D eigenvalue weighted by Crippen LogP contribution is 2.22. The smallest absolute Gasteiger partial charge is 0.223 e. The van der Waals surface area contributed by atoms with Crippen LogP contribution >= 0.6 is 0 Å². The number of aryl methyl sites for hydroxylation is 1. The molecule has 6 nitrogen and oxygen atoms in total. The number of aromatic amines is 1. The monoisotopic (exact) mass is 280 g/mol. The van der Waals surface area contributed by atoms with E-state index in [1.807, 2.05) is 36.4 Å². The Kier molecular flexibility index (Phi) is 3.86. The van der Waals surface area contributed by atoms with Crippen molar-refractivity contribution in [2.24, 2.45) is 0 Å². The summed E-state index contributed by atoms with van der Waals surface area (Å²) in [4.78, 5) is 13.0. The molecule has 0 amide bonds. The van der Waals surface area contributed by atoms with E-state index in [1.54, 1.807) is 6.20 Å². The Hall–Kier alpha value is -2.76. The lowest BCUT2D eigenvalue weighted by Crippen LogP contribution is -2.16. The van der Waals surface area contributed by atoms with E-state index < -0.39 is 0 Å². The predicted molar refractivity (Wildman–Crippen MR) is 79.7 cm³/mol. The third-order valence-electron chi connectivity index (χ3n) is 3.19. The van der Waals surface area contributed by atoms with Gasteiger partial charge in [-0.05, 0) is 18.1 Å². The van der Waals surface area contributed by atoms with Crippen LogP contribution in [-0.2, 0) is 6.42 Å². The molecule has 0 aliphatic heterocycles. The first-order chi connectivity index (χ1) is 10.4. The Balaban J connectivity index is 1.93. The number of benzene rings is 1. The highest BCUT2D eigenvalue weighted by Gasteiger charge is 2.17. The zero-order valence-corrected chi connectivity index (χ0v) is 11.7. The van der Waals surface area contributed by atoms with Gasteiger partial charge in [-0.2, -0.15) is 5.10 Å². The van der Waals surface area contributed by atoms with Gasteiger partial charge in [0.1, 0.15) is 12.4 Å². The van der Waals surface area contributed by atoms with Crippen LogP contribution in [0.25, 0.3) is 0 Å². The number of anilines is 1. The van der Waals surface area contributed by atoms with Crippen LogP contribution in [0.15, 0.2) is 48.9 Å². The third kappa shape index (κ3) is 3.05. The van der Waals surface area contributed by atoms with Crippen molar-refractivity contribution in [2.75, 3.05) is 5.32 Å². The van der Waals surface area contributed by atoms with Crippen LogP contribution < -0.4 is 5.32 Å². The van der Waals surface area contributed by atoms with E-state index >= 15 is 0 Å². The van der Waals surface area contributed by atoms with E-state index in [4.69, 9.17) is 0 Å². The van der Waals surface area contributed by atoms with Crippen LogP contribution in [0.1, 0.15) is 30.0 Å². The van der Waals surface area contributed by atoms with Crippen molar-refractivity contribution in [1.29, 1.82) is 0 Å². The molecule has 2 N–H and O–H groups in total. The summed E-state index contributed by atoms with van der Waals surface area (Å²) in [6.07, 6.45) is 4.13. The molecular weight excluding hydrogens is 264 g/mol. The molecule has 0 fully saturated rings. The Bertz CT molecular complexity index is 680. The molecule has 0 aliphatic carbocycles. The van der Waals surface area contributed by atoms with Crippen LogP contribution in [0, 0.1) is 0 Å². The van der Waals surface area contributed by atoms with E-state index in [0.29, 0.717) is 5.95 Å². The fourth-order valence-electron chi connectivity index (χ4n) is 2.10. The molecule has 0 radical (unpaired) electrons. The number of nitrogens with zero attached hydrogens (tertiary/aromatic N) is 4. The van der Waals surface area contributed by atoms with Crippen LogP contribution in [0.4, 0.5) is 5.95 Å². The van der Waals surface area contributed by atoms with Crippen molar-refractivity contribution < 1.29 is 0 Å².